The van der Waals surface area contributed by atoms with Crippen LogP contribution in [0.5, 0.6) is 0 Å². The first kappa shape index (κ1) is 16.2. The quantitative estimate of drug-likeness (QED) is 0.848. The van der Waals surface area contributed by atoms with Crippen LogP contribution < -0.4 is 0 Å². The lowest BCUT2D eigenvalue weighted by molar-refractivity contribution is -0.147. The summed E-state index contributed by atoms with van der Waals surface area (Å²) in [4.78, 5) is 19.3. The van der Waals surface area contributed by atoms with Crippen molar-refractivity contribution < 1.29 is 18.8 Å². The van der Waals surface area contributed by atoms with Gasteiger partial charge in [-0.15, -0.1) is 0 Å². The number of benzene rings is 1. The molecule has 3 atom stereocenters. The Labute approximate surface area is 145 Å². The topological polar surface area (TPSA) is 77.7 Å². The lowest BCUT2D eigenvalue weighted by Gasteiger charge is -2.30. The molecule has 0 spiro atoms. The van der Waals surface area contributed by atoms with Gasteiger partial charge in [0.1, 0.15) is 6.04 Å². The van der Waals surface area contributed by atoms with Crippen molar-refractivity contribution in [3.63, 3.8) is 0 Å². The zero-order valence-electron chi connectivity index (χ0n) is 14.3. The fourth-order valence-electron chi connectivity index (χ4n) is 3.64. The molecule has 0 unspecified atom stereocenters. The van der Waals surface area contributed by atoms with Crippen LogP contribution in [0.25, 0.3) is 0 Å². The van der Waals surface area contributed by atoms with Crippen molar-refractivity contribution in [3.05, 3.63) is 47.1 Å². The third-order valence-electron chi connectivity index (χ3n) is 4.93. The molecule has 0 aliphatic carbocycles. The summed E-state index contributed by atoms with van der Waals surface area (Å²) in [5, 5.41) is 3.86. The summed E-state index contributed by atoms with van der Waals surface area (Å²) in [6.07, 6.45) is 0.817. The van der Waals surface area contributed by atoms with E-state index >= 15 is 0 Å². The first-order chi connectivity index (χ1) is 12.2. The number of fused-ring (bicyclic) bond motifs is 1. The maximum absolute atomic E-state index is 13.3. The van der Waals surface area contributed by atoms with Crippen molar-refractivity contribution in [2.24, 2.45) is 0 Å². The predicted octanol–water partition coefficient (Wildman–Crippen LogP) is 1.98. The zero-order chi connectivity index (χ0) is 17.4. The van der Waals surface area contributed by atoms with Crippen LogP contribution in [0.2, 0.25) is 0 Å². The molecule has 132 valence electrons. The number of aromatic nitrogens is 2. The van der Waals surface area contributed by atoms with Crippen LogP contribution in [0.1, 0.15) is 41.4 Å². The van der Waals surface area contributed by atoms with E-state index in [-0.39, 0.29) is 18.1 Å². The minimum Gasteiger partial charge on any atom is -0.380 e. The first-order valence-corrected chi connectivity index (χ1v) is 8.50. The second-order valence-corrected chi connectivity index (χ2v) is 6.48. The maximum Gasteiger partial charge on any atom is 0.257 e. The van der Waals surface area contributed by atoms with Crippen molar-refractivity contribution in [1.82, 2.24) is 15.0 Å². The summed E-state index contributed by atoms with van der Waals surface area (Å²) in [5.74, 6) is 0.935. The first-order valence-electron chi connectivity index (χ1n) is 8.50. The van der Waals surface area contributed by atoms with Crippen LogP contribution in [0.3, 0.4) is 0 Å². The number of ether oxygens (including phenoxy) is 2. The van der Waals surface area contributed by atoms with Crippen molar-refractivity contribution in [2.45, 2.75) is 38.0 Å². The van der Waals surface area contributed by atoms with E-state index in [1.807, 2.05) is 18.2 Å². The van der Waals surface area contributed by atoms with E-state index in [4.69, 9.17) is 14.0 Å². The number of amides is 1. The Morgan fingerprint density at radius 2 is 2.20 bits per heavy atom. The summed E-state index contributed by atoms with van der Waals surface area (Å²) in [5.41, 5.74) is 2.11. The molecule has 0 bridgehead atoms. The monoisotopic (exact) mass is 343 g/mol. The zero-order valence-corrected chi connectivity index (χ0v) is 14.3. The Kier molecular flexibility index (Phi) is 4.27. The Morgan fingerprint density at radius 1 is 1.36 bits per heavy atom. The summed E-state index contributed by atoms with van der Waals surface area (Å²) < 4.78 is 16.6. The molecular formula is C18H21N3O4. The third kappa shape index (κ3) is 2.94. The molecule has 1 fully saturated rings. The number of carbonyl (C=O) groups excluding carboxylic acids is 1. The molecule has 1 aromatic carbocycles. The molecule has 1 aromatic heterocycles. The maximum atomic E-state index is 13.3. The van der Waals surface area contributed by atoms with E-state index in [0.29, 0.717) is 31.3 Å². The van der Waals surface area contributed by atoms with Crippen molar-refractivity contribution in [3.8, 4) is 0 Å². The average Bonchev–Trinajstić information content (AvgIpc) is 3.26. The van der Waals surface area contributed by atoms with Gasteiger partial charge in [-0.2, -0.15) is 4.98 Å². The SMILES string of the molecule is CO[C@@H]1C[C@H](c2nc(C)no2)N(C(=O)[C@@H]2OCCc3ccccc32)C1. The largest absolute Gasteiger partial charge is 0.380 e. The molecule has 25 heavy (non-hydrogen) atoms. The van der Waals surface area contributed by atoms with Gasteiger partial charge >= 0.3 is 0 Å². The highest BCUT2D eigenvalue weighted by molar-refractivity contribution is 5.83. The molecule has 4 rings (SSSR count). The van der Waals surface area contributed by atoms with E-state index in [9.17, 15) is 4.79 Å². The second-order valence-electron chi connectivity index (χ2n) is 6.48. The van der Waals surface area contributed by atoms with Crippen LogP contribution in [-0.4, -0.2) is 47.3 Å². The van der Waals surface area contributed by atoms with Crippen LogP contribution in [0.15, 0.2) is 28.8 Å². The molecule has 2 aliphatic rings. The number of nitrogens with zero attached hydrogens (tertiary/aromatic N) is 3. The van der Waals surface area contributed by atoms with E-state index in [2.05, 4.69) is 16.2 Å². The number of methoxy groups -OCH3 is 1. The van der Waals surface area contributed by atoms with Crippen LogP contribution in [-0.2, 0) is 20.7 Å². The van der Waals surface area contributed by atoms with Crippen LogP contribution in [0.4, 0.5) is 0 Å². The Balaban J connectivity index is 1.64. The van der Waals surface area contributed by atoms with Crippen LogP contribution in [0, 0.1) is 6.92 Å². The molecule has 3 heterocycles. The fraction of sp³-hybridized carbons (Fsp3) is 0.500. The second kappa shape index (κ2) is 6.57. The van der Waals surface area contributed by atoms with Gasteiger partial charge in [-0.05, 0) is 24.5 Å². The predicted molar refractivity (Wildman–Crippen MR) is 87.7 cm³/mol. The number of aryl methyl sites for hydroxylation is 1. The summed E-state index contributed by atoms with van der Waals surface area (Å²) >= 11 is 0. The van der Waals surface area contributed by atoms with Gasteiger partial charge in [0.2, 0.25) is 5.89 Å². The fourth-order valence-corrected chi connectivity index (χ4v) is 3.64. The standard InChI is InChI=1S/C18H21N3O4/c1-11-19-17(25-20-11)15-9-13(23-2)10-21(15)18(22)16-14-6-4-3-5-12(14)7-8-24-16/h3-6,13,15-16H,7-10H2,1-2H3/t13-,15-,16-/m1/s1. The number of likely N-dealkylation sites (tertiary alicyclic amines) is 1. The smallest absolute Gasteiger partial charge is 0.257 e. The minimum atomic E-state index is -0.591. The van der Waals surface area contributed by atoms with E-state index in [1.54, 1.807) is 18.9 Å². The number of carbonyl (C=O) groups is 1. The van der Waals surface area contributed by atoms with Gasteiger partial charge in [-0.25, -0.2) is 0 Å². The molecule has 7 nitrogen and oxygen atoms in total. The summed E-state index contributed by atoms with van der Waals surface area (Å²) in [6.45, 7) is 2.80. The Bertz CT molecular complexity index is 775. The van der Waals surface area contributed by atoms with Gasteiger partial charge in [0.05, 0.1) is 12.7 Å². The number of hydrogen-bond donors (Lipinski definition) is 0. The minimum absolute atomic E-state index is 0.0556. The Morgan fingerprint density at radius 3 is 2.96 bits per heavy atom. The molecule has 2 aromatic rings. The van der Waals surface area contributed by atoms with Crippen molar-refractivity contribution in [1.29, 1.82) is 0 Å². The molecule has 2 aliphatic heterocycles. The summed E-state index contributed by atoms with van der Waals surface area (Å²) in [6, 6.07) is 7.67. The molecule has 1 amide bonds. The normalized spacial score (nSPS) is 25.8. The van der Waals surface area contributed by atoms with Gasteiger partial charge in [-0.3, -0.25) is 4.79 Å². The number of rotatable bonds is 3. The third-order valence-corrected chi connectivity index (χ3v) is 4.93. The van der Waals surface area contributed by atoms with Gasteiger partial charge in [0.15, 0.2) is 11.9 Å². The Hall–Kier alpha value is -2.25. The number of hydrogen-bond acceptors (Lipinski definition) is 6. The molecule has 7 heteroatoms. The van der Waals surface area contributed by atoms with Crippen molar-refractivity contribution in [2.75, 3.05) is 20.3 Å². The van der Waals surface area contributed by atoms with E-state index < -0.39 is 6.10 Å². The van der Waals surface area contributed by atoms with Gasteiger partial charge in [0, 0.05) is 20.1 Å². The molecule has 0 saturated carbocycles. The molecule has 1 saturated heterocycles. The average molecular weight is 343 g/mol. The van der Waals surface area contributed by atoms with Gasteiger partial charge in [-0.1, -0.05) is 29.4 Å². The highest BCUT2D eigenvalue weighted by Gasteiger charge is 2.43. The highest BCUT2D eigenvalue weighted by atomic mass is 16.5. The lowest BCUT2D eigenvalue weighted by Crippen LogP contribution is -2.38. The molecule has 0 radical (unpaired) electrons. The van der Waals surface area contributed by atoms with Crippen LogP contribution >= 0.6 is 0 Å². The lowest BCUT2D eigenvalue weighted by atomic mass is 9.96. The summed E-state index contributed by atoms with van der Waals surface area (Å²) in [7, 11) is 1.65. The molecular weight excluding hydrogens is 322 g/mol. The van der Waals surface area contributed by atoms with E-state index in [1.165, 1.54) is 5.56 Å². The molecule has 0 N–H and O–H groups in total. The highest BCUT2D eigenvalue weighted by Crippen LogP contribution is 2.37. The van der Waals surface area contributed by atoms with Gasteiger partial charge in [0.25, 0.3) is 5.91 Å². The van der Waals surface area contributed by atoms with Gasteiger partial charge < -0.3 is 18.9 Å². The van der Waals surface area contributed by atoms with Crippen molar-refractivity contribution >= 4 is 5.91 Å². The van der Waals surface area contributed by atoms with E-state index in [0.717, 1.165) is 12.0 Å².